The Bertz CT molecular complexity index is 1050. The third-order valence-corrected chi connectivity index (χ3v) is 5.68. The van der Waals surface area contributed by atoms with Gasteiger partial charge in [-0.25, -0.2) is 9.78 Å². The number of allylic oxidation sites excluding steroid dienone is 1. The summed E-state index contributed by atoms with van der Waals surface area (Å²) in [4.78, 5) is 17.4. The van der Waals surface area contributed by atoms with Crippen LogP contribution in [0.3, 0.4) is 0 Å². The fourth-order valence-corrected chi connectivity index (χ4v) is 3.88. The van der Waals surface area contributed by atoms with E-state index in [4.69, 9.17) is 14.8 Å². The molecule has 0 spiro atoms. The summed E-state index contributed by atoms with van der Waals surface area (Å²) in [6, 6.07) is 18.2. The first-order valence-corrected chi connectivity index (χ1v) is 10.3. The molecule has 3 aromatic rings. The Morgan fingerprint density at radius 1 is 1.13 bits per heavy atom. The number of rotatable bonds is 5. The Kier molecular flexibility index (Phi) is 5.98. The molecule has 5 heteroatoms. The second kappa shape index (κ2) is 8.99. The van der Waals surface area contributed by atoms with Crippen molar-refractivity contribution in [2.24, 2.45) is 5.92 Å². The van der Waals surface area contributed by atoms with Gasteiger partial charge in [0.05, 0.1) is 11.2 Å². The number of pyridine rings is 1. The molecule has 1 aliphatic rings. The van der Waals surface area contributed by atoms with Crippen molar-refractivity contribution >= 4 is 23.1 Å². The fourth-order valence-electron chi connectivity index (χ4n) is 3.88. The van der Waals surface area contributed by atoms with E-state index in [1.807, 2.05) is 49.4 Å². The van der Waals surface area contributed by atoms with E-state index in [0.717, 1.165) is 46.3 Å². The molecule has 2 heterocycles. The molecule has 0 atom stereocenters. The van der Waals surface area contributed by atoms with Crippen molar-refractivity contribution in [1.82, 2.24) is 9.88 Å². The van der Waals surface area contributed by atoms with Crippen LogP contribution in [0.1, 0.15) is 29.7 Å². The zero-order valence-corrected chi connectivity index (χ0v) is 17.1. The van der Waals surface area contributed by atoms with E-state index in [2.05, 4.69) is 24.3 Å². The first-order chi connectivity index (χ1) is 14.6. The van der Waals surface area contributed by atoms with Gasteiger partial charge in [-0.15, -0.1) is 0 Å². The molecule has 1 N–H and O–H groups in total. The van der Waals surface area contributed by atoms with Crippen LogP contribution in [0.2, 0.25) is 0 Å². The molecule has 0 radical (unpaired) electrons. The maximum absolute atomic E-state index is 11.1. The van der Waals surface area contributed by atoms with Crippen LogP contribution >= 0.6 is 0 Å². The molecule has 1 aliphatic heterocycles. The van der Waals surface area contributed by atoms with Crippen LogP contribution in [-0.4, -0.2) is 34.2 Å². The van der Waals surface area contributed by atoms with Crippen molar-refractivity contribution in [1.29, 1.82) is 0 Å². The number of aromatic nitrogens is 1. The van der Waals surface area contributed by atoms with E-state index in [-0.39, 0.29) is 0 Å². The van der Waals surface area contributed by atoms with Gasteiger partial charge in [-0.05, 0) is 49.5 Å². The maximum Gasteiger partial charge on any atom is 0.407 e. The Balaban J connectivity index is 1.57. The van der Waals surface area contributed by atoms with Crippen molar-refractivity contribution in [2.45, 2.75) is 26.4 Å². The molecule has 1 fully saturated rings. The molecule has 0 aliphatic carbocycles. The molecular weight excluding hydrogens is 376 g/mol. The third kappa shape index (κ3) is 4.46. The summed E-state index contributed by atoms with van der Waals surface area (Å²) in [5, 5.41) is 10.1. The predicted molar refractivity (Wildman–Crippen MR) is 119 cm³/mol. The summed E-state index contributed by atoms with van der Waals surface area (Å²) < 4.78 is 6.26. The second-order valence-electron chi connectivity index (χ2n) is 7.71. The van der Waals surface area contributed by atoms with Crippen LogP contribution in [-0.2, 0) is 6.61 Å². The van der Waals surface area contributed by atoms with Crippen LogP contribution in [0, 0.1) is 12.8 Å². The Labute approximate surface area is 176 Å². The molecule has 0 bridgehead atoms. The maximum atomic E-state index is 11.1. The van der Waals surface area contributed by atoms with E-state index in [0.29, 0.717) is 25.6 Å². The number of para-hydroxylation sites is 1. The van der Waals surface area contributed by atoms with Crippen LogP contribution in [0.4, 0.5) is 4.79 Å². The van der Waals surface area contributed by atoms with E-state index < -0.39 is 6.09 Å². The van der Waals surface area contributed by atoms with Crippen LogP contribution in [0.25, 0.3) is 17.0 Å². The van der Waals surface area contributed by atoms with Crippen LogP contribution < -0.4 is 4.74 Å². The molecule has 154 valence electrons. The molecular formula is C25H26N2O3. The Morgan fingerprint density at radius 2 is 1.83 bits per heavy atom. The van der Waals surface area contributed by atoms with E-state index in [1.165, 1.54) is 4.90 Å². The molecule has 30 heavy (non-hydrogen) atoms. The number of nitrogens with zero attached hydrogens (tertiary/aromatic N) is 2. The topological polar surface area (TPSA) is 62.7 Å². The summed E-state index contributed by atoms with van der Waals surface area (Å²) >= 11 is 0. The van der Waals surface area contributed by atoms with Gasteiger partial charge in [0.2, 0.25) is 0 Å². The van der Waals surface area contributed by atoms with E-state index in [9.17, 15) is 4.79 Å². The minimum absolute atomic E-state index is 0.363. The molecule has 1 saturated heterocycles. The van der Waals surface area contributed by atoms with Gasteiger partial charge >= 0.3 is 6.09 Å². The number of likely N-dealkylation sites (tertiary alicyclic amines) is 1. The monoisotopic (exact) mass is 402 g/mol. The normalized spacial score (nSPS) is 15.0. The number of amides is 1. The first kappa shape index (κ1) is 20.0. The lowest BCUT2D eigenvalue weighted by Crippen LogP contribution is -2.36. The highest BCUT2D eigenvalue weighted by Gasteiger charge is 2.20. The van der Waals surface area contributed by atoms with Gasteiger partial charge in [0.25, 0.3) is 0 Å². The Hall–Kier alpha value is -3.34. The first-order valence-electron chi connectivity index (χ1n) is 10.3. The average molecular weight is 402 g/mol. The summed E-state index contributed by atoms with van der Waals surface area (Å²) in [5.74, 6) is 1.23. The molecule has 4 rings (SSSR count). The van der Waals surface area contributed by atoms with E-state index in [1.54, 1.807) is 0 Å². The van der Waals surface area contributed by atoms with Gasteiger partial charge in [-0.3, -0.25) is 0 Å². The average Bonchev–Trinajstić information content (AvgIpc) is 2.78. The number of piperidine rings is 1. The van der Waals surface area contributed by atoms with Crippen LogP contribution in [0.5, 0.6) is 5.75 Å². The number of hydrogen-bond acceptors (Lipinski definition) is 3. The molecule has 0 unspecified atom stereocenters. The Morgan fingerprint density at radius 3 is 2.57 bits per heavy atom. The van der Waals surface area contributed by atoms with Crippen molar-refractivity contribution in [3.05, 3.63) is 77.5 Å². The minimum Gasteiger partial charge on any atom is -0.488 e. The SMILES string of the molecule is Cc1c(/C=C/C2CCN(C(=O)O)CC2)nc2ccccc2c1OCc1ccccc1. The summed E-state index contributed by atoms with van der Waals surface area (Å²) in [6.45, 7) is 3.72. The zero-order valence-electron chi connectivity index (χ0n) is 17.1. The quantitative estimate of drug-likeness (QED) is 0.610. The number of carbonyl (C=O) groups is 1. The number of hydrogen-bond donors (Lipinski definition) is 1. The third-order valence-electron chi connectivity index (χ3n) is 5.68. The lowest BCUT2D eigenvalue weighted by atomic mass is 9.96. The van der Waals surface area contributed by atoms with Gasteiger partial charge < -0.3 is 14.7 Å². The van der Waals surface area contributed by atoms with Crippen molar-refractivity contribution in [3.63, 3.8) is 0 Å². The zero-order chi connectivity index (χ0) is 20.9. The van der Waals surface area contributed by atoms with E-state index >= 15 is 0 Å². The fraction of sp³-hybridized carbons (Fsp3) is 0.280. The highest BCUT2D eigenvalue weighted by molar-refractivity contribution is 5.88. The van der Waals surface area contributed by atoms with Crippen LogP contribution in [0.15, 0.2) is 60.7 Å². The van der Waals surface area contributed by atoms with Gasteiger partial charge in [0.1, 0.15) is 12.4 Å². The molecule has 1 aromatic heterocycles. The number of benzene rings is 2. The molecule has 2 aromatic carbocycles. The molecule has 0 saturated carbocycles. The minimum atomic E-state index is -0.829. The lowest BCUT2D eigenvalue weighted by molar-refractivity contribution is 0.129. The van der Waals surface area contributed by atoms with Crippen molar-refractivity contribution in [3.8, 4) is 5.75 Å². The van der Waals surface area contributed by atoms with Gasteiger partial charge in [-0.2, -0.15) is 0 Å². The van der Waals surface area contributed by atoms with Gasteiger partial charge in [0.15, 0.2) is 0 Å². The summed E-state index contributed by atoms with van der Waals surface area (Å²) in [7, 11) is 0. The number of fused-ring (bicyclic) bond motifs is 1. The summed E-state index contributed by atoms with van der Waals surface area (Å²) in [6.07, 6.45) is 5.09. The number of carboxylic acid groups (broad SMARTS) is 1. The van der Waals surface area contributed by atoms with Gasteiger partial charge in [0, 0.05) is 24.0 Å². The highest BCUT2D eigenvalue weighted by Crippen LogP contribution is 2.32. The lowest BCUT2D eigenvalue weighted by Gasteiger charge is -2.28. The molecule has 5 nitrogen and oxygen atoms in total. The van der Waals surface area contributed by atoms with Crippen molar-refractivity contribution in [2.75, 3.05) is 13.1 Å². The summed E-state index contributed by atoms with van der Waals surface area (Å²) in [5.41, 5.74) is 3.95. The standard InChI is InChI=1S/C25H26N2O3/c1-18-22(12-11-19-13-15-27(16-14-19)25(28)29)26-23-10-6-5-9-21(23)24(18)30-17-20-7-3-2-4-8-20/h2-12,19H,13-17H2,1H3,(H,28,29)/b12-11+. The smallest absolute Gasteiger partial charge is 0.407 e. The largest absolute Gasteiger partial charge is 0.488 e. The number of ether oxygens (including phenoxy) is 1. The second-order valence-corrected chi connectivity index (χ2v) is 7.71. The predicted octanol–water partition coefficient (Wildman–Crippen LogP) is 5.53. The van der Waals surface area contributed by atoms with Gasteiger partial charge in [-0.1, -0.05) is 48.5 Å². The highest BCUT2D eigenvalue weighted by atomic mass is 16.5. The molecule has 1 amide bonds. The van der Waals surface area contributed by atoms with Crippen molar-refractivity contribution < 1.29 is 14.6 Å².